The first-order valence-corrected chi connectivity index (χ1v) is 4.84. The number of fused-ring (bicyclic) bond motifs is 1. The molecule has 13 heavy (non-hydrogen) atoms. The Morgan fingerprint density at radius 2 is 2.38 bits per heavy atom. The van der Waals surface area contributed by atoms with Crippen LogP contribution >= 0.6 is 0 Å². The molecule has 1 aliphatic rings. The van der Waals surface area contributed by atoms with Gasteiger partial charge in [-0.15, -0.1) is 0 Å². The molecule has 0 saturated heterocycles. The molecule has 1 aromatic rings. The van der Waals surface area contributed by atoms with E-state index in [9.17, 15) is 5.11 Å². The van der Waals surface area contributed by atoms with Crippen LogP contribution in [0.4, 0.5) is 0 Å². The maximum Gasteiger partial charge on any atom is 0.0901 e. The van der Waals surface area contributed by atoms with Crippen LogP contribution in [0.15, 0.2) is 12.3 Å². The zero-order chi connectivity index (χ0) is 9.47. The molecule has 1 aliphatic carbocycles. The van der Waals surface area contributed by atoms with E-state index in [2.05, 4.69) is 4.98 Å². The Morgan fingerprint density at radius 1 is 1.62 bits per heavy atom. The van der Waals surface area contributed by atoms with Crippen molar-refractivity contribution in [1.82, 2.24) is 4.98 Å². The first-order chi connectivity index (χ1) is 6.15. The molecule has 0 saturated carbocycles. The number of hydrogen-bond donors (Lipinski definition) is 1. The lowest BCUT2D eigenvalue weighted by atomic mass is 9.93. The van der Waals surface area contributed by atoms with Crippen LogP contribution < -0.4 is 0 Å². The molecule has 0 spiro atoms. The third kappa shape index (κ3) is 1.25. The predicted molar refractivity (Wildman–Crippen MR) is 51.5 cm³/mol. The average molecular weight is 177 g/mol. The highest BCUT2D eigenvalue weighted by molar-refractivity contribution is 5.36. The topological polar surface area (TPSA) is 33.1 Å². The molecule has 0 radical (unpaired) electrons. The number of rotatable bonds is 1. The van der Waals surface area contributed by atoms with Gasteiger partial charge in [-0.3, -0.25) is 4.98 Å². The van der Waals surface area contributed by atoms with E-state index in [1.807, 2.05) is 26.1 Å². The highest BCUT2D eigenvalue weighted by atomic mass is 16.3. The van der Waals surface area contributed by atoms with Gasteiger partial charge in [0.15, 0.2) is 0 Å². The Morgan fingerprint density at radius 3 is 3.08 bits per heavy atom. The summed E-state index contributed by atoms with van der Waals surface area (Å²) in [5, 5.41) is 10.2. The van der Waals surface area contributed by atoms with Crippen LogP contribution in [0.1, 0.15) is 36.6 Å². The zero-order valence-electron chi connectivity index (χ0n) is 8.17. The molecule has 1 atom stereocenters. The number of hydrogen-bond acceptors (Lipinski definition) is 2. The van der Waals surface area contributed by atoms with Crippen molar-refractivity contribution in [3.8, 4) is 0 Å². The number of aromatic nitrogens is 1. The largest absolute Gasteiger partial charge is 0.385 e. The number of aryl methyl sites for hydroxylation is 2. The minimum Gasteiger partial charge on any atom is -0.385 e. The fourth-order valence-electron chi connectivity index (χ4n) is 2.06. The number of nitrogens with zero attached hydrogens (tertiary/aromatic N) is 1. The van der Waals surface area contributed by atoms with E-state index < -0.39 is 5.60 Å². The smallest absolute Gasteiger partial charge is 0.0901 e. The SMILES string of the molecule is CCC1(O)CCc2cnc(C)cc21. The lowest BCUT2D eigenvalue weighted by Crippen LogP contribution is -2.20. The van der Waals surface area contributed by atoms with Gasteiger partial charge in [0.25, 0.3) is 0 Å². The first kappa shape index (κ1) is 8.70. The van der Waals surface area contributed by atoms with Gasteiger partial charge >= 0.3 is 0 Å². The number of aliphatic hydroxyl groups is 1. The quantitative estimate of drug-likeness (QED) is 0.711. The van der Waals surface area contributed by atoms with Gasteiger partial charge < -0.3 is 5.11 Å². The van der Waals surface area contributed by atoms with E-state index in [-0.39, 0.29) is 0 Å². The Bertz CT molecular complexity index is 335. The monoisotopic (exact) mass is 177 g/mol. The second-order valence-corrected chi connectivity index (χ2v) is 3.87. The summed E-state index contributed by atoms with van der Waals surface area (Å²) in [5.74, 6) is 0. The van der Waals surface area contributed by atoms with E-state index in [0.717, 1.165) is 30.5 Å². The maximum atomic E-state index is 10.2. The molecule has 2 rings (SSSR count). The summed E-state index contributed by atoms with van der Waals surface area (Å²) in [6.07, 6.45) is 4.51. The van der Waals surface area contributed by atoms with Crippen LogP contribution in [0.2, 0.25) is 0 Å². The van der Waals surface area contributed by atoms with Gasteiger partial charge in [-0.05, 0) is 43.4 Å². The van der Waals surface area contributed by atoms with Gasteiger partial charge in [0.2, 0.25) is 0 Å². The fraction of sp³-hybridized carbons (Fsp3) is 0.545. The normalized spacial score (nSPS) is 26.1. The molecule has 0 aromatic carbocycles. The third-order valence-corrected chi connectivity index (χ3v) is 3.02. The van der Waals surface area contributed by atoms with Crippen LogP contribution in [-0.4, -0.2) is 10.1 Å². The maximum absolute atomic E-state index is 10.2. The average Bonchev–Trinajstić information content (AvgIpc) is 2.45. The van der Waals surface area contributed by atoms with Crippen LogP contribution in [0.5, 0.6) is 0 Å². The van der Waals surface area contributed by atoms with Gasteiger partial charge in [0, 0.05) is 11.9 Å². The van der Waals surface area contributed by atoms with Crippen molar-refractivity contribution in [1.29, 1.82) is 0 Å². The molecule has 1 N–H and O–H groups in total. The van der Waals surface area contributed by atoms with Gasteiger partial charge in [-0.1, -0.05) is 6.92 Å². The van der Waals surface area contributed by atoms with Crippen LogP contribution in [0.3, 0.4) is 0 Å². The molecule has 2 heteroatoms. The van der Waals surface area contributed by atoms with E-state index in [1.165, 1.54) is 5.56 Å². The Kier molecular flexibility index (Phi) is 1.88. The molecule has 70 valence electrons. The van der Waals surface area contributed by atoms with Crippen molar-refractivity contribution in [3.05, 3.63) is 29.1 Å². The lowest BCUT2D eigenvalue weighted by molar-refractivity contribution is 0.0345. The summed E-state index contributed by atoms with van der Waals surface area (Å²) in [6.45, 7) is 4.00. The Balaban J connectivity index is 2.52. The second-order valence-electron chi connectivity index (χ2n) is 3.87. The molecule has 1 aromatic heterocycles. The van der Waals surface area contributed by atoms with Gasteiger partial charge in [-0.25, -0.2) is 0 Å². The summed E-state index contributed by atoms with van der Waals surface area (Å²) >= 11 is 0. The summed E-state index contributed by atoms with van der Waals surface area (Å²) in [5.41, 5.74) is 2.73. The third-order valence-electron chi connectivity index (χ3n) is 3.02. The molecule has 0 aliphatic heterocycles. The minimum absolute atomic E-state index is 0.580. The van der Waals surface area contributed by atoms with E-state index in [0.29, 0.717) is 0 Å². The lowest BCUT2D eigenvalue weighted by Gasteiger charge is -2.21. The van der Waals surface area contributed by atoms with Gasteiger partial charge in [-0.2, -0.15) is 0 Å². The molecule has 1 unspecified atom stereocenters. The van der Waals surface area contributed by atoms with Crippen LogP contribution in [0, 0.1) is 6.92 Å². The summed E-state index contributed by atoms with van der Waals surface area (Å²) in [7, 11) is 0. The Hall–Kier alpha value is -0.890. The van der Waals surface area contributed by atoms with Crippen molar-refractivity contribution in [3.63, 3.8) is 0 Å². The molecular formula is C11H15NO. The highest BCUT2D eigenvalue weighted by Gasteiger charge is 2.34. The zero-order valence-corrected chi connectivity index (χ0v) is 8.17. The summed E-state index contributed by atoms with van der Waals surface area (Å²) in [6, 6.07) is 2.02. The summed E-state index contributed by atoms with van der Waals surface area (Å²) in [4.78, 5) is 4.24. The number of pyridine rings is 1. The van der Waals surface area contributed by atoms with Crippen molar-refractivity contribution in [2.75, 3.05) is 0 Å². The van der Waals surface area contributed by atoms with Gasteiger partial charge in [0.05, 0.1) is 5.60 Å². The predicted octanol–water partition coefficient (Wildman–Crippen LogP) is 1.93. The highest BCUT2D eigenvalue weighted by Crippen LogP contribution is 2.38. The molecule has 0 amide bonds. The fourth-order valence-corrected chi connectivity index (χ4v) is 2.06. The van der Waals surface area contributed by atoms with Crippen molar-refractivity contribution in [2.24, 2.45) is 0 Å². The standard InChI is InChI=1S/C11H15NO/c1-3-11(13)5-4-9-7-12-8(2)6-10(9)11/h6-7,13H,3-5H2,1-2H3. The molecule has 1 heterocycles. The minimum atomic E-state index is -0.580. The van der Waals surface area contributed by atoms with Crippen molar-refractivity contribution >= 4 is 0 Å². The van der Waals surface area contributed by atoms with E-state index in [4.69, 9.17) is 0 Å². The molecule has 0 bridgehead atoms. The molecular weight excluding hydrogens is 162 g/mol. The van der Waals surface area contributed by atoms with E-state index in [1.54, 1.807) is 0 Å². The van der Waals surface area contributed by atoms with Crippen LogP contribution in [-0.2, 0) is 12.0 Å². The van der Waals surface area contributed by atoms with Crippen molar-refractivity contribution < 1.29 is 5.11 Å². The van der Waals surface area contributed by atoms with E-state index >= 15 is 0 Å². The van der Waals surface area contributed by atoms with Crippen LogP contribution in [0.25, 0.3) is 0 Å². The molecule has 0 fully saturated rings. The Labute approximate surface area is 78.6 Å². The van der Waals surface area contributed by atoms with Crippen molar-refractivity contribution in [2.45, 2.75) is 38.7 Å². The first-order valence-electron chi connectivity index (χ1n) is 4.84. The molecule has 2 nitrogen and oxygen atoms in total. The van der Waals surface area contributed by atoms with Gasteiger partial charge in [0.1, 0.15) is 0 Å². The second kappa shape index (κ2) is 2.81. The summed E-state index contributed by atoms with van der Waals surface area (Å²) < 4.78 is 0.